The molecule has 0 bridgehead atoms. The van der Waals surface area contributed by atoms with Gasteiger partial charge in [0, 0.05) is 12.3 Å². The molecule has 0 unspecified atom stereocenters. The van der Waals surface area contributed by atoms with E-state index >= 15 is 0 Å². The Hall–Kier alpha value is -3.09. The first-order chi connectivity index (χ1) is 13.0. The van der Waals surface area contributed by atoms with E-state index in [0.29, 0.717) is 30.2 Å². The molecule has 0 aliphatic rings. The van der Waals surface area contributed by atoms with Crippen molar-refractivity contribution < 1.29 is 24.2 Å². The number of carbonyl (C=O) groups excluding carboxylic acids is 1. The molecule has 1 aromatic heterocycles. The van der Waals surface area contributed by atoms with E-state index in [9.17, 15) is 9.59 Å². The first-order valence-corrected chi connectivity index (χ1v) is 8.81. The molecule has 1 aromatic carbocycles. The maximum Gasteiger partial charge on any atom is 0.305 e. The quantitative estimate of drug-likeness (QED) is 0.663. The van der Waals surface area contributed by atoms with E-state index in [4.69, 9.17) is 14.6 Å². The van der Waals surface area contributed by atoms with Crippen LogP contribution in [0.2, 0.25) is 0 Å². The first-order valence-electron chi connectivity index (χ1n) is 8.81. The van der Waals surface area contributed by atoms with Crippen LogP contribution >= 0.6 is 0 Å². The van der Waals surface area contributed by atoms with Crippen molar-refractivity contribution in [3.05, 3.63) is 48.7 Å². The van der Waals surface area contributed by atoms with Crippen molar-refractivity contribution >= 4 is 11.9 Å². The summed E-state index contributed by atoms with van der Waals surface area (Å²) in [5.41, 5.74) is -0.757. The number of rotatable bonds is 10. The molecule has 2 N–H and O–H groups in total. The molecule has 0 aliphatic carbocycles. The number of aliphatic carboxylic acids is 1. The summed E-state index contributed by atoms with van der Waals surface area (Å²) < 4.78 is 11.1. The summed E-state index contributed by atoms with van der Waals surface area (Å²) in [6, 6.07) is 12.2. The molecule has 0 aliphatic heterocycles. The molecule has 0 saturated heterocycles. The Balaban J connectivity index is 1.88. The largest absolute Gasteiger partial charge is 0.484 e. The summed E-state index contributed by atoms with van der Waals surface area (Å²) in [5.74, 6) is 0.301. The molecule has 0 radical (unpaired) electrons. The van der Waals surface area contributed by atoms with Crippen molar-refractivity contribution in [2.45, 2.75) is 38.6 Å². The van der Waals surface area contributed by atoms with E-state index in [2.05, 4.69) is 10.3 Å². The Labute approximate surface area is 158 Å². The molecule has 7 nitrogen and oxygen atoms in total. The predicted molar refractivity (Wildman–Crippen MR) is 100.0 cm³/mol. The summed E-state index contributed by atoms with van der Waals surface area (Å²) in [4.78, 5) is 27.3. The maximum atomic E-state index is 12.2. The van der Waals surface area contributed by atoms with Crippen LogP contribution in [-0.4, -0.2) is 34.1 Å². The summed E-state index contributed by atoms with van der Waals surface area (Å²) in [6.45, 7) is 3.52. The Bertz CT molecular complexity index is 743. The van der Waals surface area contributed by atoms with Gasteiger partial charge in [0.25, 0.3) is 5.91 Å². The van der Waals surface area contributed by atoms with E-state index in [-0.39, 0.29) is 18.9 Å². The van der Waals surface area contributed by atoms with Gasteiger partial charge < -0.3 is 19.9 Å². The van der Waals surface area contributed by atoms with Gasteiger partial charge in [-0.3, -0.25) is 9.59 Å². The Morgan fingerprint density at radius 1 is 1.07 bits per heavy atom. The number of nitrogens with zero attached hydrogens (tertiary/aromatic N) is 1. The van der Waals surface area contributed by atoms with E-state index in [1.54, 1.807) is 42.6 Å². The van der Waals surface area contributed by atoms with Gasteiger partial charge in [0.15, 0.2) is 6.61 Å². The summed E-state index contributed by atoms with van der Waals surface area (Å²) in [6.07, 6.45) is 2.58. The molecular formula is C20H24N2O5. The van der Waals surface area contributed by atoms with Crippen molar-refractivity contribution in [3.63, 3.8) is 0 Å². The molecule has 144 valence electrons. The minimum atomic E-state index is -0.941. The SMILES string of the molecule is CCC(CC)(CC(=O)O)NC(=O)COc1ccc(Oc2ccccn2)cc1. The van der Waals surface area contributed by atoms with Crippen molar-refractivity contribution in [2.75, 3.05) is 6.61 Å². The van der Waals surface area contributed by atoms with Crippen LogP contribution in [0.15, 0.2) is 48.7 Å². The molecule has 0 saturated carbocycles. The highest BCUT2D eigenvalue weighted by atomic mass is 16.5. The maximum absolute atomic E-state index is 12.2. The smallest absolute Gasteiger partial charge is 0.305 e. The van der Waals surface area contributed by atoms with Crippen molar-refractivity contribution in [1.29, 1.82) is 0 Å². The number of hydrogen-bond donors (Lipinski definition) is 2. The second-order valence-corrected chi connectivity index (χ2v) is 6.14. The van der Waals surface area contributed by atoms with Gasteiger partial charge in [-0.2, -0.15) is 0 Å². The number of aromatic nitrogens is 1. The summed E-state index contributed by atoms with van der Waals surface area (Å²) >= 11 is 0. The van der Waals surface area contributed by atoms with Crippen molar-refractivity contribution in [2.24, 2.45) is 0 Å². The zero-order valence-corrected chi connectivity index (χ0v) is 15.5. The van der Waals surface area contributed by atoms with Gasteiger partial charge in [-0.1, -0.05) is 19.9 Å². The average Bonchev–Trinajstić information content (AvgIpc) is 2.67. The number of amides is 1. The molecule has 27 heavy (non-hydrogen) atoms. The number of pyridine rings is 1. The molecule has 2 rings (SSSR count). The summed E-state index contributed by atoms with van der Waals surface area (Å²) in [7, 11) is 0. The second kappa shape index (κ2) is 9.56. The molecule has 1 amide bonds. The fourth-order valence-electron chi connectivity index (χ4n) is 2.62. The van der Waals surface area contributed by atoms with Gasteiger partial charge in [0.1, 0.15) is 11.5 Å². The molecule has 0 fully saturated rings. The zero-order chi connectivity index (χ0) is 19.7. The molecule has 1 heterocycles. The van der Waals surface area contributed by atoms with Crippen LogP contribution in [0.3, 0.4) is 0 Å². The van der Waals surface area contributed by atoms with Crippen LogP contribution < -0.4 is 14.8 Å². The van der Waals surface area contributed by atoms with E-state index in [1.165, 1.54) is 0 Å². The number of carbonyl (C=O) groups is 2. The van der Waals surface area contributed by atoms with E-state index in [0.717, 1.165) is 0 Å². The second-order valence-electron chi connectivity index (χ2n) is 6.14. The van der Waals surface area contributed by atoms with Gasteiger partial charge in [-0.25, -0.2) is 4.98 Å². The highest BCUT2D eigenvalue weighted by Gasteiger charge is 2.30. The van der Waals surface area contributed by atoms with Crippen LogP contribution in [0, 0.1) is 0 Å². The zero-order valence-electron chi connectivity index (χ0n) is 15.5. The summed E-state index contributed by atoms with van der Waals surface area (Å²) in [5, 5.41) is 11.9. The molecule has 7 heteroatoms. The molecule has 0 spiro atoms. The molecular weight excluding hydrogens is 348 g/mol. The topological polar surface area (TPSA) is 97.8 Å². The molecule has 0 atom stereocenters. The van der Waals surface area contributed by atoms with Crippen molar-refractivity contribution in [3.8, 4) is 17.4 Å². The predicted octanol–water partition coefficient (Wildman–Crippen LogP) is 3.40. The van der Waals surface area contributed by atoms with E-state index < -0.39 is 11.5 Å². The first kappa shape index (κ1) is 20.2. The van der Waals surface area contributed by atoms with Crippen LogP contribution in [0.5, 0.6) is 17.4 Å². The number of hydrogen-bond acceptors (Lipinski definition) is 5. The van der Waals surface area contributed by atoms with Crippen molar-refractivity contribution in [1.82, 2.24) is 10.3 Å². The normalized spacial score (nSPS) is 10.9. The van der Waals surface area contributed by atoms with Gasteiger partial charge in [0.05, 0.1) is 12.0 Å². The lowest BCUT2D eigenvalue weighted by molar-refractivity contribution is -0.139. The third kappa shape index (κ3) is 6.29. The van der Waals surface area contributed by atoms with Gasteiger partial charge >= 0.3 is 5.97 Å². The van der Waals surface area contributed by atoms with Gasteiger partial charge in [0.2, 0.25) is 5.88 Å². The van der Waals surface area contributed by atoms with Crippen LogP contribution in [-0.2, 0) is 9.59 Å². The monoisotopic (exact) mass is 372 g/mol. The highest BCUT2D eigenvalue weighted by molar-refractivity contribution is 5.79. The van der Waals surface area contributed by atoms with Crippen LogP contribution in [0.1, 0.15) is 33.1 Å². The fraction of sp³-hybridized carbons (Fsp3) is 0.350. The minimum Gasteiger partial charge on any atom is -0.484 e. The Morgan fingerprint density at radius 3 is 2.30 bits per heavy atom. The van der Waals surface area contributed by atoms with Gasteiger partial charge in [-0.05, 0) is 43.2 Å². The lowest BCUT2D eigenvalue weighted by Crippen LogP contribution is -2.50. The Kier molecular flexibility index (Phi) is 7.16. The van der Waals surface area contributed by atoms with Crippen LogP contribution in [0.4, 0.5) is 0 Å². The number of carboxylic acid groups (broad SMARTS) is 1. The lowest BCUT2D eigenvalue weighted by Gasteiger charge is -2.31. The van der Waals surface area contributed by atoms with E-state index in [1.807, 2.05) is 19.9 Å². The van der Waals surface area contributed by atoms with Gasteiger partial charge in [-0.15, -0.1) is 0 Å². The lowest BCUT2D eigenvalue weighted by atomic mass is 9.89. The molecule has 2 aromatic rings. The standard InChI is InChI=1S/C20H24N2O5/c1-3-20(4-2,13-19(24)25)22-17(23)14-26-15-8-10-16(11-9-15)27-18-7-5-6-12-21-18/h5-12H,3-4,13-14H2,1-2H3,(H,22,23)(H,24,25). The minimum absolute atomic E-state index is 0.120. The number of carboxylic acids is 1. The number of ether oxygens (including phenoxy) is 2. The average molecular weight is 372 g/mol. The number of benzene rings is 1. The third-order valence-corrected chi connectivity index (χ3v) is 4.30. The Morgan fingerprint density at radius 2 is 1.74 bits per heavy atom. The highest BCUT2D eigenvalue weighted by Crippen LogP contribution is 2.23. The fourth-order valence-corrected chi connectivity index (χ4v) is 2.62. The van der Waals surface area contributed by atoms with Crippen LogP contribution in [0.25, 0.3) is 0 Å². The third-order valence-electron chi connectivity index (χ3n) is 4.30. The number of nitrogens with one attached hydrogen (secondary N) is 1.